The van der Waals surface area contributed by atoms with E-state index < -0.39 is 18.2 Å². The molecule has 6 nitrogen and oxygen atoms in total. The van der Waals surface area contributed by atoms with Crippen LogP contribution in [0.1, 0.15) is 39.2 Å². The number of ether oxygens (including phenoxy) is 1. The first-order valence-corrected chi connectivity index (χ1v) is 8.52. The van der Waals surface area contributed by atoms with Crippen molar-refractivity contribution in [1.82, 2.24) is 5.32 Å². The number of rotatable bonds is 5. The fourth-order valence-electron chi connectivity index (χ4n) is 2.63. The van der Waals surface area contributed by atoms with Gasteiger partial charge in [0.2, 0.25) is 5.91 Å². The van der Waals surface area contributed by atoms with Crippen molar-refractivity contribution in [2.45, 2.75) is 39.8 Å². The highest BCUT2D eigenvalue weighted by Crippen LogP contribution is 2.26. The number of carbonyl (C=O) groups is 2. The molecule has 0 heterocycles. The van der Waals surface area contributed by atoms with Crippen molar-refractivity contribution in [3.05, 3.63) is 54.1 Å². The summed E-state index contributed by atoms with van der Waals surface area (Å²) < 4.78 is 5.87. The van der Waals surface area contributed by atoms with Crippen LogP contribution in [0.4, 0.5) is 16.2 Å². The summed E-state index contributed by atoms with van der Waals surface area (Å²) >= 11 is 0. The normalized spacial score (nSPS) is 11.7. The van der Waals surface area contributed by atoms with E-state index in [0.29, 0.717) is 17.1 Å². The Balaban J connectivity index is 2.13. The maximum Gasteiger partial charge on any atom is 0.331 e. The van der Waals surface area contributed by atoms with E-state index in [1.54, 1.807) is 31.2 Å². The van der Waals surface area contributed by atoms with Gasteiger partial charge < -0.3 is 15.8 Å². The smallest absolute Gasteiger partial charge is 0.331 e. The first-order valence-electron chi connectivity index (χ1n) is 8.52. The molecule has 0 aliphatic carbocycles. The molecule has 0 aromatic heterocycles. The quantitative estimate of drug-likeness (QED) is 0.630. The first-order chi connectivity index (χ1) is 12.3. The highest BCUT2D eigenvalue weighted by Gasteiger charge is 2.22. The number of urea groups is 1. The highest BCUT2D eigenvalue weighted by molar-refractivity contribution is 6.13. The topological polar surface area (TPSA) is 84.7 Å². The number of nitrogens with one attached hydrogen (secondary N) is 1. The number of para-hydroxylation sites is 1. The van der Waals surface area contributed by atoms with Crippen LogP contribution in [0.2, 0.25) is 0 Å². The lowest BCUT2D eigenvalue weighted by Crippen LogP contribution is -2.48. The average Bonchev–Trinajstić information content (AvgIpc) is 2.54. The molecule has 2 rings (SSSR count). The number of hydrogen-bond donors (Lipinski definition) is 2. The first kappa shape index (κ1) is 19.3. The summed E-state index contributed by atoms with van der Waals surface area (Å²) in [5.41, 5.74) is 7.68. The molecule has 138 valence electrons. The molecule has 3 amide bonds. The Hall–Kier alpha value is -3.02. The summed E-state index contributed by atoms with van der Waals surface area (Å²) in [6.45, 7) is 7.18. The van der Waals surface area contributed by atoms with Crippen molar-refractivity contribution >= 4 is 23.3 Å². The van der Waals surface area contributed by atoms with Gasteiger partial charge in [-0.15, -0.1) is 0 Å². The number of nitrogens with two attached hydrogens (primary N) is 1. The van der Waals surface area contributed by atoms with Crippen LogP contribution in [-0.4, -0.2) is 18.2 Å². The van der Waals surface area contributed by atoms with Gasteiger partial charge in [-0.1, -0.05) is 38.1 Å². The summed E-state index contributed by atoms with van der Waals surface area (Å²) in [5, 5.41) is 2.70. The van der Waals surface area contributed by atoms with Gasteiger partial charge in [-0.05, 0) is 42.7 Å². The largest absolute Gasteiger partial charge is 0.471 e. The maximum atomic E-state index is 12.6. The van der Waals surface area contributed by atoms with E-state index in [9.17, 15) is 9.59 Å². The molecule has 0 aliphatic rings. The zero-order valence-electron chi connectivity index (χ0n) is 15.5. The van der Waals surface area contributed by atoms with E-state index in [-0.39, 0.29) is 5.92 Å². The lowest BCUT2D eigenvalue weighted by Gasteiger charge is -2.24. The molecule has 0 aliphatic heterocycles. The Kier molecular flexibility index (Phi) is 6.22. The molecule has 6 heteroatoms. The van der Waals surface area contributed by atoms with Gasteiger partial charge in [-0.25, -0.2) is 9.69 Å². The second-order valence-electron chi connectivity index (χ2n) is 6.35. The molecule has 0 spiro atoms. The fraction of sp³-hybridized carbons (Fsp3) is 0.300. The number of hydrogen-bond acceptors (Lipinski definition) is 4. The lowest BCUT2D eigenvalue weighted by atomic mass is 10.0. The Morgan fingerprint density at radius 3 is 2.38 bits per heavy atom. The van der Waals surface area contributed by atoms with Crippen molar-refractivity contribution in [2.75, 3.05) is 10.6 Å². The van der Waals surface area contributed by atoms with Crippen LogP contribution in [0.3, 0.4) is 0 Å². The van der Waals surface area contributed by atoms with Crippen LogP contribution < -0.4 is 20.7 Å². The standard InChI is InChI=1S/C20H25N3O3/c1-13(2)18-10-5-6-11-19(18)26-14(3)22-20(25)23(15(4)24)17-9-7-8-16(21)12-17/h5-14H,21H2,1-4H3,(H,22,25). The number of imide groups is 1. The Morgan fingerprint density at radius 1 is 1.08 bits per heavy atom. The van der Waals surface area contributed by atoms with Crippen molar-refractivity contribution in [3.8, 4) is 5.75 Å². The fourth-order valence-corrected chi connectivity index (χ4v) is 2.63. The van der Waals surface area contributed by atoms with Gasteiger partial charge in [-0.2, -0.15) is 0 Å². The third-order valence-electron chi connectivity index (χ3n) is 3.82. The Bertz CT molecular complexity index is 789. The summed E-state index contributed by atoms with van der Waals surface area (Å²) in [4.78, 5) is 25.6. The SMILES string of the molecule is CC(=O)N(C(=O)NC(C)Oc1ccccc1C(C)C)c1cccc(N)c1. The van der Waals surface area contributed by atoms with Crippen LogP contribution >= 0.6 is 0 Å². The molecule has 1 atom stereocenters. The predicted molar refractivity (Wildman–Crippen MR) is 103 cm³/mol. The van der Waals surface area contributed by atoms with Crippen molar-refractivity contribution in [2.24, 2.45) is 0 Å². The van der Waals surface area contributed by atoms with E-state index in [1.807, 2.05) is 24.3 Å². The zero-order chi connectivity index (χ0) is 19.3. The minimum absolute atomic E-state index is 0.287. The summed E-state index contributed by atoms with van der Waals surface area (Å²) in [7, 11) is 0. The molecule has 0 radical (unpaired) electrons. The number of carbonyl (C=O) groups excluding carboxylic acids is 2. The number of benzene rings is 2. The van der Waals surface area contributed by atoms with Gasteiger partial charge in [0.05, 0.1) is 5.69 Å². The minimum Gasteiger partial charge on any atom is -0.471 e. The van der Waals surface area contributed by atoms with Gasteiger partial charge in [0.1, 0.15) is 5.75 Å². The molecule has 0 saturated heterocycles. The van der Waals surface area contributed by atoms with E-state index in [4.69, 9.17) is 10.5 Å². The van der Waals surface area contributed by atoms with E-state index in [1.165, 1.54) is 6.92 Å². The third kappa shape index (κ3) is 4.75. The third-order valence-corrected chi connectivity index (χ3v) is 3.82. The summed E-state index contributed by atoms with van der Waals surface area (Å²) in [6, 6.07) is 13.7. The molecule has 1 unspecified atom stereocenters. The van der Waals surface area contributed by atoms with Crippen molar-refractivity contribution < 1.29 is 14.3 Å². The molecule has 2 aromatic carbocycles. The number of anilines is 2. The Morgan fingerprint density at radius 2 is 1.77 bits per heavy atom. The van der Waals surface area contributed by atoms with Crippen LogP contribution in [0, 0.1) is 0 Å². The van der Waals surface area contributed by atoms with Gasteiger partial charge in [0.15, 0.2) is 6.23 Å². The van der Waals surface area contributed by atoms with Crippen LogP contribution in [0.25, 0.3) is 0 Å². The van der Waals surface area contributed by atoms with E-state index in [0.717, 1.165) is 10.5 Å². The monoisotopic (exact) mass is 355 g/mol. The summed E-state index contributed by atoms with van der Waals surface area (Å²) in [5.74, 6) is 0.576. The van der Waals surface area contributed by atoms with E-state index in [2.05, 4.69) is 19.2 Å². The van der Waals surface area contributed by atoms with Crippen LogP contribution in [0.15, 0.2) is 48.5 Å². The molecule has 26 heavy (non-hydrogen) atoms. The molecule has 0 fully saturated rings. The van der Waals surface area contributed by atoms with Gasteiger partial charge in [-0.3, -0.25) is 4.79 Å². The second kappa shape index (κ2) is 8.38. The molecular formula is C20H25N3O3. The van der Waals surface area contributed by atoms with Crippen LogP contribution in [-0.2, 0) is 4.79 Å². The summed E-state index contributed by atoms with van der Waals surface area (Å²) in [6.07, 6.45) is -0.620. The molecule has 0 bridgehead atoms. The minimum atomic E-state index is -0.620. The lowest BCUT2D eigenvalue weighted by molar-refractivity contribution is -0.115. The van der Waals surface area contributed by atoms with Gasteiger partial charge >= 0.3 is 6.03 Å². The van der Waals surface area contributed by atoms with Crippen LogP contribution in [0.5, 0.6) is 5.75 Å². The number of amides is 3. The molecule has 3 N–H and O–H groups in total. The Labute approximate surface area is 153 Å². The van der Waals surface area contributed by atoms with E-state index >= 15 is 0 Å². The average molecular weight is 355 g/mol. The predicted octanol–water partition coefficient (Wildman–Crippen LogP) is 3.88. The zero-order valence-corrected chi connectivity index (χ0v) is 15.5. The second-order valence-corrected chi connectivity index (χ2v) is 6.35. The number of nitrogen functional groups attached to an aromatic ring is 1. The van der Waals surface area contributed by atoms with Gasteiger partial charge in [0, 0.05) is 12.6 Å². The molecule has 2 aromatic rings. The molecule has 0 saturated carbocycles. The number of nitrogens with zero attached hydrogens (tertiary/aromatic N) is 1. The highest BCUT2D eigenvalue weighted by atomic mass is 16.5. The van der Waals surface area contributed by atoms with Gasteiger partial charge in [0.25, 0.3) is 0 Å². The van der Waals surface area contributed by atoms with Crippen molar-refractivity contribution in [3.63, 3.8) is 0 Å². The van der Waals surface area contributed by atoms with Crippen molar-refractivity contribution in [1.29, 1.82) is 0 Å². The molecular weight excluding hydrogens is 330 g/mol. The maximum absolute atomic E-state index is 12.6.